The third-order valence-corrected chi connectivity index (χ3v) is 3.78. The number of fused-ring (bicyclic) bond motifs is 1. The van der Waals surface area contributed by atoms with Gasteiger partial charge in [0.05, 0.1) is 24.4 Å². The van der Waals surface area contributed by atoms with Gasteiger partial charge in [0.1, 0.15) is 11.6 Å². The molecule has 6 nitrogen and oxygen atoms in total. The van der Waals surface area contributed by atoms with Gasteiger partial charge in [0.15, 0.2) is 0 Å². The van der Waals surface area contributed by atoms with Gasteiger partial charge < -0.3 is 10.1 Å². The first-order chi connectivity index (χ1) is 10.9. The predicted molar refractivity (Wildman–Crippen MR) is 88.7 cm³/mol. The van der Waals surface area contributed by atoms with E-state index in [0.29, 0.717) is 12.4 Å². The lowest BCUT2D eigenvalue weighted by atomic mass is 10.0. The van der Waals surface area contributed by atoms with Gasteiger partial charge in [-0.3, -0.25) is 5.32 Å². The Hall–Kier alpha value is -2.50. The maximum Gasteiger partial charge on any atom is 0.320 e. The van der Waals surface area contributed by atoms with Crippen molar-refractivity contribution >= 4 is 11.8 Å². The number of ether oxygens (including phenoxy) is 1. The van der Waals surface area contributed by atoms with Crippen molar-refractivity contribution in [1.29, 1.82) is 0 Å². The molecule has 0 saturated carbocycles. The van der Waals surface area contributed by atoms with Crippen molar-refractivity contribution in [2.45, 2.75) is 38.8 Å². The average Bonchev–Trinajstić information content (AvgIpc) is 2.96. The van der Waals surface area contributed by atoms with E-state index in [0.717, 1.165) is 17.7 Å². The van der Waals surface area contributed by atoms with E-state index in [1.807, 2.05) is 45.0 Å². The second-order valence-corrected chi connectivity index (χ2v) is 6.63. The molecule has 1 aromatic heterocycles. The van der Waals surface area contributed by atoms with Gasteiger partial charge in [-0.25, -0.2) is 9.48 Å². The minimum atomic E-state index is -0.238. The zero-order valence-corrected chi connectivity index (χ0v) is 13.7. The monoisotopic (exact) mass is 314 g/mol. The standard InChI is InChI=1S/C17H22N4O2/c1-17(2,3)21-15(8-10-18-21)20-16(22)19-13-9-11-23-14-7-5-4-6-12(13)14/h4-8,10,13H,9,11H2,1-3H3,(H2,19,20,22)/t13-/m1/s1. The summed E-state index contributed by atoms with van der Waals surface area (Å²) in [6.45, 7) is 6.72. The number of carbonyl (C=O) groups is 1. The summed E-state index contributed by atoms with van der Waals surface area (Å²) >= 11 is 0. The second kappa shape index (κ2) is 5.95. The van der Waals surface area contributed by atoms with Gasteiger partial charge in [-0.1, -0.05) is 18.2 Å². The maximum atomic E-state index is 12.4. The lowest BCUT2D eigenvalue weighted by Crippen LogP contribution is -2.36. The molecule has 2 N–H and O–H groups in total. The Kier molecular flexibility index (Phi) is 3.98. The molecular weight excluding hydrogens is 292 g/mol. The molecule has 1 aromatic carbocycles. The molecule has 2 amide bonds. The van der Waals surface area contributed by atoms with Crippen LogP contribution in [0.4, 0.5) is 10.6 Å². The molecular formula is C17H22N4O2. The number of nitrogens with zero attached hydrogens (tertiary/aromatic N) is 2. The summed E-state index contributed by atoms with van der Waals surface area (Å²) in [7, 11) is 0. The highest BCUT2D eigenvalue weighted by Gasteiger charge is 2.24. The van der Waals surface area contributed by atoms with Crippen LogP contribution in [0.3, 0.4) is 0 Å². The number of rotatable bonds is 2. The van der Waals surface area contributed by atoms with Crippen LogP contribution in [0.15, 0.2) is 36.5 Å². The first kappa shape index (κ1) is 15.4. The number of hydrogen-bond acceptors (Lipinski definition) is 3. The molecule has 1 atom stereocenters. The molecule has 0 spiro atoms. The van der Waals surface area contributed by atoms with Crippen molar-refractivity contribution in [2.24, 2.45) is 0 Å². The largest absolute Gasteiger partial charge is 0.493 e. The Bertz CT molecular complexity index is 703. The fraction of sp³-hybridized carbons (Fsp3) is 0.412. The number of benzene rings is 1. The Morgan fingerprint density at radius 2 is 2.09 bits per heavy atom. The number of para-hydroxylation sites is 1. The van der Waals surface area contributed by atoms with Gasteiger partial charge in [0.25, 0.3) is 0 Å². The zero-order chi connectivity index (χ0) is 16.4. The summed E-state index contributed by atoms with van der Waals surface area (Å²) in [4.78, 5) is 12.4. The van der Waals surface area contributed by atoms with Crippen LogP contribution < -0.4 is 15.4 Å². The number of urea groups is 1. The lowest BCUT2D eigenvalue weighted by Gasteiger charge is -2.27. The number of aromatic nitrogens is 2. The SMILES string of the molecule is CC(C)(C)n1nccc1NC(=O)N[C@@H]1CCOc2ccccc21. The molecule has 6 heteroatoms. The van der Waals surface area contributed by atoms with Crippen molar-refractivity contribution < 1.29 is 9.53 Å². The summed E-state index contributed by atoms with van der Waals surface area (Å²) < 4.78 is 7.42. The van der Waals surface area contributed by atoms with Crippen LogP contribution in [0, 0.1) is 0 Å². The van der Waals surface area contributed by atoms with Gasteiger partial charge in [-0.2, -0.15) is 5.10 Å². The fourth-order valence-electron chi connectivity index (χ4n) is 2.74. The van der Waals surface area contributed by atoms with Crippen LogP contribution >= 0.6 is 0 Å². The molecule has 0 bridgehead atoms. The van der Waals surface area contributed by atoms with Gasteiger partial charge >= 0.3 is 6.03 Å². The number of anilines is 1. The molecule has 122 valence electrons. The number of nitrogens with one attached hydrogen (secondary N) is 2. The fourth-order valence-corrected chi connectivity index (χ4v) is 2.74. The van der Waals surface area contributed by atoms with Crippen LogP contribution in [-0.4, -0.2) is 22.4 Å². The highest BCUT2D eigenvalue weighted by Crippen LogP contribution is 2.31. The second-order valence-electron chi connectivity index (χ2n) is 6.63. The van der Waals surface area contributed by atoms with Crippen LogP contribution in [0.2, 0.25) is 0 Å². The Labute approximate surface area is 135 Å². The third kappa shape index (κ3) is 3.31. The summed E-state index contributed by atoms with van der Waals surface area (Å²) in [6.07, 6.45) is 2.44. The molecule has 0 aliphatic carbocycles. The summed E-state index contributed by atoms with van der Waals surface area (Å²) in [6, 6.07) is 9.30. The predicted octanol–water partition coefficient (Wildman–Crippen LogP) is 3.28. The Morgan fingerprint density at radius 1 is 1.30 bits per heavy atom. The van der Waals surface area contributed by atoms with Crippen LogP contribution in [0.25, 0.3) is 0 Å². The summed E-state index contributed by atoms with van der Waals surface area (Å²) in [5, 5.41) is 10.2. The van der Waals surface area contributed by atoms with E-state index < -0.39 is 0 Å². The van der Waals surface area contributed by atoms with Gasteiger partial charge in [0, 0.05) is 18.1 Å². The molecule has 2 aromatic rings. The third-order valence-electron chi connectivity index (χ3n) is 3.78. The molecule has 0 saturated heterocycles. The van der Waals surface area contributed by atoms with Crippen LogP contribution in [0.1, 0.15) is 38.8 Å². The van der Waals surface area contributed by atoms with E-state index in [4.69, 9.17) is 4.74 Å². The zero-order valence-electron chi connectivity index (χ0n) is 13.7. The van der Waals surface area contributed by atoms with E-state index in [1.54, 1.807) is 16.9 Å². The van der Waals surface area contributed by atoms with E-state index in [9.17, 15) is 4.79 Å². The van der Waals surface area contributed by atoms with Gasteiger partial charge in [-0.05, 0) is 26.8 Å². The molecule has 23 heavy (non-hydrogen) atoms. The Morgan fingerprint density at radius 3 is 2.87 bits per heavy atom. The molecule has 0 unspecified atom stereocenters. The van der Waals surface area contributed by atoms with Crippen molar-refractivity contribution in [3.63, 3.8) is 0 Å². The summed E-state index contributed by atoms with van der Waals surface area (Å²) in [5.74, 6) is 1.51. The van der Waals surface area contributed by atoms with E-state index in [1.165, 1.54) is 0 Å². The Balaban J connectivity index is 1.71. The lowest BCUT2D eigenvalue weighted by molar-refractivity contribution is 0.232. The molecule has 0 fully saturated rings. The topological polar surface area (TPSA) is 68.2 Å². The smallest absolute Gasteiger partial charge is 0.320 e. The molecule has 1 aliphatic rings. The van der Waals surface area contributed by atoms with E-state index in [2.05, 4.69) is 15.7 Å². The van der Waals surface area contributed by atoms with Crippen LogP contribution in [-0.2, 0) is 5.54 Å². The molecule has 1 aliphatic heterocycles. The van der Waals surface area contributed by atoms with Gasteiger partial charge in [0.2, 0.25) is 0 Å². The first-order valence-corrected chi connectivity index (χ1v) is 7.79. The molecule has 3 rings (SSSR count). The highest BCUT2D eigenvalue weighted by atomic mass is 16.5. The number of hydrogen-bond donors (Lipinski definition) is 2. The number of carbonyl (C=O) groups excluding carboxylic acids is 1. The van der Waals surface area contributed by atoms with E-state index in [-0.39, 0.29) is 17.6 Å². The van der Waals surface area contributed by atoms with Crippen molar-refractivity contribution in [1.82, 2.24) is 15.1 Å². The molecule has 0 radical (unpaired) electrons. The minimum absolute atomic E-state index is 0.0500. The summed E-state index contributed by atoms with van der Waals surface area (Å²) in [5.41, 5.74) is 0.815. The quantitative estimate of drug-likeness (QED) is 0.894. The van der Waals surface area contributed by atoms with Gasteiger partial charge in [-0.15, -0.1) is 0 Å². The normalized spacial score (nSPS) is 17.1. The maximum absolute atomic E-state index is 12.4. The van der Waals surface area contributed by atoms with Crippen molar-refractivity contribution in [2.75, 3.05) is 11.9 Å². The number of amides is 2. The molecule has 2 heterocycles. The van der Waals surface area contributed by atoms with Crippen molar-refractivity contribution in [3.05, 3.63) is 42.1 Å². The average molecular weight is 314 g/mol. The minimum Gasteiger partial charge on any atom is -0.493 e. The highest BCUT2D eigenvalue weighted by molar-refractivity contribution is 5.88. The van der Waals surface area contributed by atoms with Crippen molar-refractivity contribution in [3.8, 4) is 5.75 Å². The first-order valence-electron chi connectivity index (χ1n) is 7.79. The van der Waals surface area contributed by atoms with E-state index >= 15 is 0 Å². The van der Waals surface area contributed by atoms with Crippen LogP contribution in [0.5, 0.6) is 5.75 Å².